The number of primary amides is 1. The molecule has 18 heteroatoms. The molecule has 0 saturated heterocycles. The van der Waals surface area contributed by atoms with Crippen molar-refractivity contribution >= 4 is 24.0 Å². The van der Waals surface area contributed by atoms with Gasteiger partial charge in [0.15, 0.2) is 34.6 Å². The Morgan fingerprint density at radius 2 is 1.12 bits per heavy atom. The summed E-state index contributed by atoms with van der Waals surface area (Å²) in [6, 6.07) is 11.3. The number of H-pyrrole nitrogens is 2. The lowest BCUT2D eigenvalue weighted by Gasteiger charge is -2.21. The van der Waals surface area contributed by atoms with Crippen molar-refractivity contribution in [3.8, 4) is 45.8 Å². The number of rotatable bonds is 18. The smallest absolute Gasteiger partial charge is 0.406 e. The normalized spacial score (nSPS) is 11.9. The van der Waals surface area contributed by atoms with Crippen molar-refractivity contribution in [3.63, 3.8) is 0 Å². The highest BCUT2D eigenvalue weighted by Gasteiger charge is 2.22. The van der Waals surface area contributed by atoms with Gasteiger partial charge in [0, 0.05) is 56.9 Å². The summed E-state index contributed by atoms with van der Waals surface area (Å²) in [5.41, 5.74) is 6.07. The lowest BCUT2D eigenvalue weighted by Crippen LogP contribution is -2.25. The van der Waals surface area contributed by atoms with Crippen LogP contribution in [-0.2, 0) is 31.9 Å². The molecule has 0 aliphatic carbocycles. The van der Waals surface area contributed by atoms with Crippen LogP contribution in [0.5, 0.6) is 23.0 Å². The summed E-state index contributed by atoms with van der Waals surface area (Å²) in [6.45, 7) is 9.73. The molecule has 4 amide bonds. The van der Waals surface area contributed by atoms with E-state index in [4.69, 9.17) is 9.47 Å². The lowest BCUT2D eigenvalue weighted by atomic mass is 10.1. The van der Waals surface area contributed by atoms with Crippen LogP contribution in [0, 0.1) is 11.8 Å². The molecule has 59 heavy (non-hydrogen) atoms. The van der Waals surface area contributed by atoms with Crippen LogP contribution in [0.3, 0.4) is 0 Å². The molecule has 1 aliphatic rings. The minimum absolute atomic E-state index is 0.121. The molecule has 2 atom stereocenters. The third-order valence-corrected chi connectivity index (χ3v) is 9.28. The number of alkyl carbamates (subject to hydrolysis) is 1. The number of unbranched alkanes of at least 4 members (excludes halogenated alkanes) is 2. The van der Waals surface area contributed by atoms with Gasteiger partial charge in [0.05, 0.1) is 14.2 Å². The molecule has 3 heterocycles. The Hall–Kier alpha value is -6.20. The van der Waals surface area contributed by atoms with E-state index in [0.29, 0.717) is 72.4 Å². The van der Waals surface area contributed by atoms with Crippen LogP contribution in [0.25, 0.3) is 22.8 Å². The van der Waals surface area contributed by atoms with Crippen LogP contribution in [0.4, 0.5) is 9.59 Å². The van der Waals surface area contributed by atoms with Gasteiger partial charge < -0.3 is 40.6 Å². The SMILES string of the molecule is CCC(C)CC(=O)NCCCCc1nc(-c2ccc3c(c2)Oc2ccc(-c4n[nH]c(CCCCNC(=O)CC(C)CC)n4)cc2O3)n[nH]1.CNC(=O)OC.COC(N)=O. The van der Waals surface area contributed by atoms with Crippen LogP contribution >= 0.6 is 0 Å². The van der Waals surface area contributed by atoms with Crippen molar-refractivity contribution < 1.29 is 38.1 Å². The number of nitrogens with two attached hydrogens (primary N) is 1. The number of carbonyl (C=O) groups is 4. The minimum atomic E-state index is -0.745. The van der Waals surface area contributed by atoms with Gasteiger partial charge in [-0.05, 0) is 73.9 Å². The van der Waals surface area contributed by atoms with Gasteiger partial charge in [-0.3, -0.25) is 19.8 Å². The molecule has 0 bridgehead atoms. The Morgan fingerprint density at radius 1 is 0.695 bits per heavy atom. The number of aromatic nitrogens is 6. The third kappa shape index (κ3) is 16.7. The van der Waals surface area contributed by atoms with Gasteiger partial charge in [0.2, 0.25) is 11.8 Å². The van der Waals surface area contributed by atoms with Crippen molar-refractivity contribution in [2.45, 2.75) is 91.9 Å². The highest BCUT2D eigenvalue weighted by Crippen LogP contribution is 2.47. The molecule has 4 aromatic rings. The topological polar surface area (TPSA) is 250 Å². The summed E-state index contributed by atoms with van der Waals surface area (Å²) in [5, 5.41) is 23.1. The maximum absolute atomic E-state index is 12.0. The Morgan fingerprint density at radius 3 is 1.46 bits per heavy atom. The monoisotopic (exact) mass is 820 g/mol. The molecule has 7 N–H and O–H groups in total. The maximum atomic E-state index is 12.0. The van der Waals surface area contributed by atoms with Crippen molar-refractivity contribution in [1.82, 2.24) is 46.3 Å². The van der Waals surface area contributed by atoms with E-state index in [0.717, 1.165) is 74.1 Å². The van der Waals surface area contributed by atoms with E-state index in [1.807, 2.05) is 36.4 Å². The highest BCUT2D eigenvalue weighted by molar-refractivity contribution is 5.76. The number of aryl methyl sites for hydroxylation is 2. The maximum Gasteiger partial charge on any atom is 0.406 e. The molecule has 0 saturated carbocycles. The first-order valence-electron chi connectivity index (χ1n) is 20.0. The van der Waals surface area contributed by atoms with Crippen LogP contribution in [0.2, 0.25) is 0 Å². The van der Waals surface area contributed by atoms with Gasteiger partial charge in [0.1, 0.15) is 11.6 Å². The largest absolute Gasteiger partial charge is 0.453 e. The fraction of sp³-hybridized carbons (Fsp3) is 0.512. The fourth-order valence-corrected chi connectivity index (χ4v) is 5.39. The van der Waals surface area contributed by atoms with E-state index >= 15 is 0 Å². The fourth-order valence-electron chi connectivity index (χ4n) is 5.39. The number of ether oxygens (including phenoxy) is 4. The summed E-state index contributed by atoms with van der Waals surface area (Å²) >= 11 is 0. The first kappa shape index (κ1) is 47.2. The molecule has 0 spiro atoms. The van der Waals surface area contributed by atoms with Crippen molar-refractivity contribution in [2.24, 2.45) is 17.6 Å². The second kappa shape index (κ2) is 25.2. The Kier molecular flexibility index (Phi) is 20.2. The van der Waals surface area contributed by atoms with Gasteiger partial charge in [-0.1, -0.05) is 40.5 Å². The quantitative estimate of drug-likeness (QED) is 0.0513. The molecule has 18 nitrogen and oxygen atoms in total. The van der Waals surface area contributed by atoms with Gasteiger partial charge in [-0.25, -0.2) is 19.6 Å². The van der Waals surface area contributed by atoms with Crippen molar-refractivity contribution in [3.05, 3.63) is 48.0 Å². The predicted molar refractivity (Wildman–Crippen MR) is 222 cm³/mol. The van der Waals surface area contributed by atoms with E-state index in [9.17, 15) is 19.2 Å². The molecular formula is C41H60N10O8. The molecule has 1 aliphatic heterocycles. The standard InChI is InChI=1S/C36H48N8O4.C3H7NO2.C2H5NO2/c1-5-23(3)19-33(45)37-17-9-7-11-31-39-35(43-41-31)25-13-15-27-29(21-25)47-28-16-14-26(22-30(28)48-27)36-40-32(42-44-36)12-8-10-18-38-34(46)20-24(4)6-2;1-4-3(5)6-2;1-5-2(3)4/h13-16,21-24H,5-12,17-20H2,1-4H3,(H,37,45)(H,38,46)(H,39,41,43)(H,40,42,44);1-2H3,(H,4,5);1H3,(H2,3,4). The van der Waals surface area contributed by atoms with Crippen LogP contribution < -0.4 is 31.2 Å². The summed E-state index contributed by atoms with van der Waals surface area (Å²) in [6.07, 6.45) is 7.08. The molecule has 2 unspecified atom stereocenters. The van der Waals surface area contributed by atoms with Crippen LogP contribution in [-0.4, -0.2) is 88.7 Å². The summed E-state index contributed by atoms with van der Waals surface area (Å²) in [5.74, 6) is 6.22. The van der Waals surface area contributed by atoms with Gasteiger partial charge in [-0.2, -0.15) is 10.2 Å². The molecule has 5 rings (SSSR count). The Labute approximate surface area is 345 Å². The van der Waals surface area contributed by atoms with E-state index in [1.165, 1.54) is 21.3 Å². The van der Waals surface area contributed by atoms with E-state index in [1.54, 1.807) is 0 Å². The third-order valence-electron chi connectivity index (χ3n) is 9.28. The Bertz CT molecular complexity index is 1800. The summed E-state index contributed by atoms with van der Waals surface area (Å²) < 4.78 is 20.4. The second-order valence-corrected chi connectivity index (χ2v) is 14.1. The average molecular weight is 821 g/mol. The number of amides is 4. The molecule has 2 aromatic carbocycles. The first-order chi connectivity index (χ1) is 28.4. The number of carbonyl (C=O) groups excluding carboxylic acids is 4. The second-order valence-electron chi connectivity index (χ2n) is 14.1. The molecule has 0 radical (unpaired) electrons. The number of nitrogens with one attached hydrogen (secondary N) is 5. The summed E-state index contributed by atoms with van der Waals surface area (Å²) in [7, 11) is 4.05. The van der Waals surface area contributed by atoms with E-state index in [-0.39, 0.29) is 11.8 Å². The number of hydrogen-bond acceptors (Lipinski definition) is 12. The zero-order valence-corrected chi connectivity index (χ0v) is 35.2. The van der Waals surface area contributed by atoms with Gasteiger partial charge in [0.25, 0.3) is 0 Å². The number of hydrogen-bond donors (Lipinski definition) is 6. The molecule has 322 valence electrons. The van der Waals surface area contributed by atoms with Crippen molar-refractivity contribution in [2.75, 3.05) is 34.4 Å². The Balaban J connectivity index is 0.000000747. The molecular weight excluding hydrogens is 761 g/mol. The zero-order valence-electron chi connectivity index (χ0n) is 35.2. The van der Waals surface area contributed by atoms with Crippen LogP contribution in [0.1, 0.15) is 90.7 Å². The number of fused-ring (bicyclic) bond motifs is 2. The average Bonchev–Trinajstić information content (AvgIpc) is 3.92. The van der Waals surface area contributed by atoms with E-state index in [2.05, 4.69) is 89.2 Å². The van der Waals surface area contributed by atoms with Crippen LogP contribution in [0.15, 0.2) is 36.4 Å². The molecule has 0 fully saturated rings. The van der Waals surface area contributed by atoms with Crippen molar-refractivity contribution in [1.29, 1.82) is 0 Å². The number of benzene rings is 2. The summed E-state index contributed by atoms with van der Waals surface area (Å²) in [4.78, 5) is 52.5. The predicted octanol–water partition coefficient (Wildman–Crippen LogP) is 6.59. The molecule has 2 aromatic heterocycles. The van der Waals surface area contributed by atoms with Gasteiger partial charge >= 0.3 is 12.2 Å². The number of aromatic amines is 2. The minimum Gasteiger partial charge on any atom is -0.453 e. The zero-order chi connectivity index (χ0) is 43.2. The highest BCUT2D eigenvalue weighted by atomic mass is 16.6. The lowest BCUT2D eigenvalue weighted by molar-refractivity contribution is -0.122. The number of methoxy groups -OCH3 is 2. The first-order valence-corrected chi connectivity index (χ1v) is 20.0. The van der Waals surface area contributed by atoms with E-state index < -0.39 is 12.2 Å². The number of nitrogens with zero attached hydrogens (tertiary/aromatic N) is 4. The van der Waals surface area contributed by atoms with Gasteiger partial charge in [-0.15, -0.1) is 0 Å².